The first-order chi connectivity index (χ1) is 8.61. The van der Waals surface area contributed by atoms with Crippen molar-refractivity contribution in [1.82, 2.24) is 0 Å². The molecule has 2 saturated carbocycles. The number of benzene rings is 1. The molecule has 2 N–H and O–H groups in total. The Morgan fingerprint density at radius 1 is 1.44 bits per heavy atom. The zero-order chi connectivity index (χ0) is 12.8. The van der Waals surface area contributed by atoms with E-state index >= 15 is 0 Å². The highest BCUT2D eigenvalue weighted by Gasteiger charge is 2.53. The van der Waals surface area contributed by atoms with E-state index in [1.54, 1.807) is 6.07 Å². The maximum atomic E-state index is 11.2. The molecule has 0 unspecified atom stereocenters. The second-order valence-corrected chi connectivity index (χ2v) is 5.84. The Kier molecular flexibility index (Phi) is 2.58. The third-order valence-corrected chi connectivity index (χ3v) is 4.37. The Hall–Kier alpha value is -1.51. The lowest BCUT2D eigenvalue weighted by Gasteiger charge is -2.17. The van der Waals surface area contributed by atoms with Crippen molar-refractivity contribution < 1.29 is 9.90 Å². The Balaban J connectivity index is 1.75. The van der Waals surface area contributed by atoms with Crippen LogP contribution in [0.2, 0.25) is 0 Å². The minimum atomic E-state index is -0.853. The van der Waals surface area contributed by atoms with Crippen LogP contribution >= 0.6 is 0 Å². The van der Waals surface area contributed by atoms with Gasteiger partial charge in [0.1, 0.15) is 0 Å². The summed E-state index contributed by atoms with van der Waals surface area (Å²) >= 11 is 0. The van der Waals surface area contributed by atoms with Gasteiger partial charge >= 0.3 is 5.97 Å². The molecule has 2 aliphatic rings. The molecule has 2 fully saturated rings. The van der Waals surface area contributed by atoms with Crippen LogP contribution in [0.5, 0.6) is 0 Å². The lowest BCUT2D eigenvalue weighted by Crippen LogP contribution is -2.18. The van der Waals surface area contributed by atoms with Crippen LogP contribution in [-0.4, -0.2) is 17.6 Å². The fraction of sp³-hybridized carbons (Fsp3) is 0.533. The quantitative estimate of drug-likeness (QED) is 0.836. The largest absolute Gasteiger partial charge is 0.478 e. The molecule has 96 valence electrons. The fourth-order valence-corrected chi connectivity index (χ4v) is 2.85. The number of hydrogen-bond donors (Lipinski definition) is 2. The third kappa shape index (κ3) is 2.09. The maximum absolute atomic E-state index is 11.2. The van der Waals surface area contributed by atoms with E-state index in [1.807, 2.05) is 19.1 Å². The molecule has 3 nitrogen and oxygen atoms in total. The van der Waals surface area contributed by atoms with Crippen molar-refractivity contribution in [1.29, 1.82) is 0 Å². The van der Waals surface area contributed by atoms with Crippen molar-refractivity contribution in [3.63, 3.8) is 0 Å². The molecule has 0 spiro atoms. The lowest BCUT2D eigenvalue weighted by atomic mass is 10.00. The highest BCUT2D eigenvalue weighted by atomic mass is 16.4. The number of aryl methyl sites for hydroxylation is 1. The summed E-state index contributed by atoms with van der Waals surface area (Å²) in [5, 5.41) is 12.6. The van der Waals surface area contributed by atoms with Crippen molar-refractivity contribution >= 4 is 11.7 Å². The predicted molar refractivity (Wildman–Crippen MR) is 71.0 cm³/mol. The molecule has 1 aromatic carbocycles. The van der Waals surface area contributed by atoms with E-state index in [4.69, 9.17) is 0 Å². The zero-order valence-corrected chi connectivity index (χ0v) is 10.7. The lowest BCUT2D eigenvalue weighted by molar-refractivity contribution is 0.0698. The topological polar surface area (TPSA) is 49.3 Å². The van der Waals surface area contributed by atoms with Crippen molar-refractivity contribution in [3.8, 4) is 0 Å². The first kappa shape index (κ1) is 11.6. The molecule has 2 aliphatic carbocycles. The summed E-state index contributed by atoms with van der Waals surface area (Å²) in [6.07, 6.45) is 5.33. The van der Waals surface area contributed by atoms with E-state index in [2.05, 4.69) is 5.32 Å². The second kappa shape index (κ2) is 4.01. The van der Waals surface area contributed by atoms with Gasteiger partial charge in [-0.1, -0.05) is 6.07 Å². The monoisotopic (exact) mass is 245 g/mol. The standard InChI is InChI=1S/C15H19NO2/c1-10-2-5-12(14(17)18)13(8-10)16-9-15(6-7-15)11-3-4-11/h2,5,8,11,16H,3-4,6-7,9H2,1H3,(H,17,18). The van der Waals surface area contributed by atoms with Gasteiger partial charge in [0.15, 0.2) is 0 Å². The van der Waals surface area contributed by atoms with Crippen molar-refractivity contribution in [2.75, 3.05) is 11.9 Å². The minimum Gasteiger partial charge on any atom is -0.478 e. The highest BCUT2D eigenvalue weighted by Crippen LogP contribution is 2.61. The molecule has 0 aliphatic heterocycles. The van der Waals surface area contributed by atoms with Gasteiger partial charge in [-0.2, -0.15) is 0 Å². The van der Waals surface area contributed by atoms with Crippen LogP contribution in [0.15, 0.2) is 18.2 Å². The van der Waals surface area contributed by atoms with E-state index in [-0.39, 0.29) is 0 Å². The van der Waals surface area contributed by atoms with E-state index in [9.17, 15) is 9.90 Å². The summed E-state index contributed by atoms with van der Waals surface area (Å²) < 4.78 is 0. The minimum absolute atomic E-state index is 0.382. The number of anilines is 1. The number of rotatable bonds is 5. The molecule has 3 heteroatoms. The van der Waals surface area contributed by atoms with E-state index in [0.717, 1.165) is 23.7 Å². The van der Waals surface area contributed by atoms with Crippen LogP contribution in [0.25, 0.3) is 0 Å². The van der Waals surface area contributed by atoms with E-state index in [0.29, 0.717) is 11.0 Å². The van der Waals surface area contributed by atoms with Gasteiger partial charge in [-0.15, -0.1) is 0 Å². The second-order valence-electron chi connectivity index (χ2n) is 5.84. The summed E-state index contributed by atoms with van der Waals surface area (Å²) in [5.74, 6) is 0.0388. The average Bonchev–Trinajstić information content (AvgIpc) is 3.18. The number of hydrogen-bond acceptors (Lipinski definition) is 2. The molecule has 1 aromatic rings. The molecular formula is C15H19NO2. The van der Waals surface area contributed by atoms with Crippen LogP contribution in [0.4, 0.5) is 5.69 Å². The fourth-order valence-electron chi connectivity index (χ4n) is 2.85. The molecule has 0 heterocycles. The normalized spacial score (nSPS) is 20.5. The van der Waals surface area contributed by atoms with Crippen LogP contribution in [0.3, 0.4) is 0 Å². The number of aromatic carboxylic acids is 1. The molecule has 3 rings (SSSR count). The van der Waals surface area contributed by atoms with Crippen LogP contribution in [0, 0.1) is 18.3 Å². The van der Waals surface area contributed by atoms with E-state index < -0.39 is 5.97 Å². The highest BCUT2D eigenvalue weighted by molar-refractivity contribution is 5.94. The predicted octanol–water partition coefficient (Wildman–Crippen LogP) is 3.30. The van der Waals surface area contributed by atoms with Crippen molar-refractivity contribution in [3.05, 3.63) is 29.3 Å². The van der Waals surface area contributed by atoms with Gasteiger partial charge in [0, 0.05) is 12.2 Å². The molecule has 0 saturated heterocycles. The SMILES string of the molecule is Cc1ccc(C(=O)O)c(NCC2(C3CC3)CC2)c1. The van der Waals surface area contributed by atoms with Crippen molar-refractivity contribution in [2.24, 2.45) is 11.3 Å². The molecule has 18 heavy (non-hydrogen) atoms. The number of carboxylic acids is 1. The molecule has 0 radical (unpaired) electrons. The summed E-state index contributed by atoms with van der Waals surface area (Å²) in [6.45, 7) is 2.92. The van der Waals surface area contributed by atoms with Gasteiger partial charge in [0.05, 0.1) is 5.56 Å². The first-order valence-electron chi connectivity index (χ1n) is 6.69. The summed E-state index contributed by atoms with van der Waals surface area (Å²) in [4.78, 5) is 11.2. The Labute approximate surface area is 107 Å². The van der Waals surface area contributed by atoms with Gasteiger partial charge < -0.3 is 10.4 Å². The third-order valence-electron chi connectivity index (χ3n) is 4.37. The number of carboxylic acid groups (broad SMARTS) is 1. The van der Waals surface area contributed by atoms with Crippen LogP contribution < -0.4 is 5.32 Å². The molecule has 0 bridgehead atoms. The molecule has 0 aromatic heterocycles. The van der Waals surface area contributed by atoms with E-state index in [1.165, 1.54) is 25.7 Å². The number of carbonyl (C=O) groups is 1. The van der Waals surface area contributed by atoms with Crippen LogP contribution in [0.1, 0.15) is 41.6 Å². The smallest absolute Gasteiger partial charge is 0.337 e. The van der Waals surface area contributed by atoms with Gasteiger partial charge in [-0.25, -0.2) is 4.79 Å². The Morgan fingerprint density at radius 2 is 2.17 bits per heavy atom. The molecular weight excluding hydrogens is 226 g/mol. The van der Waals surface area contributed by atoms with Crippen molar-refractivity contribution in [2.45, 2.75) is 32.6 Å². The number of nitrogens with one attached hydrogen (secondary N) is 1. The Bertz CT molecular complexity index is 487. The molecule has 0 atom stereocenters. The van der Waals surface area contributed by atoms with Gasteiger partial charge in [-0.05, 0) is 61.6 Å². The van der Waals surface area contributed by atoms with Gasteiger partial charge in [0.2, 0.25) is 0 Å². The summed E-state index contributed by atoms with van der Waals surface area (Å²) in [6, 6.07) is 5.48. The van der Waals surface area contributed by atoms with Gasteiger partial charge in [-0.3, -0.25) is 0 Å². The average molecular weight is 245 g/mol. The van der Waals surface area contributed by atoms with Crippen LogP contribution in [-0.2, 0) is 0 Å². The first-order valence-corrected chi connectivity index (χ1v) is 6.69. The summed E-state index contributed by atoms with van der Waals surface area (Å²) in [5.41, 5.74) is 2.74. The van der Waals surface area contributed by atoms with Gasteiger partial charge in [0.25, 0.3) is 0 Å². The summed E-state index contributed by atoms with van der Waals surface area (Å²) in [7, 11) is 0. The maximum Gasteiger partial charge on any atom is 0.337 e. The molecule has 0 amide bonds. The zero-order valence-electron chi connectivity index (χ0n) is 10.7. The Morgan fingerprint density at radius 3 is 2.72 bits per heavy atom.